The van der Waals surface area contributed by atoms with Crippen LogP contribution in [0.3, 0.4) is 0 Å². The summed E-state index contributed by atoms with van der Waals surface area (Å²) in [6.07, 6.45) is 1.99. The molecular formula is C12H19N3O2. The Morgan fingerprint density at radius 1 is 1.47 bits per heavy atom. The van der Waals surface area contributed by atoms with Gasteiger partial charge in [0, 0.05) is 18.8 Å². The molecule has 1 aromatic rings. The topological polar surface area (TPSA) is 66.1 Å². The Bertz CT molecular complexity index is 440. The van der Waals surface area contributed by atoms with Crippen LogP contribution in [0.25, 0.3) is 0 Å². The van der Waals surface area contributed by atoms with Gasteiger partial charge < -0.3 is 9.88 Å². The highest BCUT2D eigenvalue weighted by Crippen LogP contribution is 2.03. The number of carbonyl (C=O) groups is 1. The van der Waals surface area contributed by atoms with E-state index in [1.807, 2.05) is 6.92 Å². The van der Waals surface area contributed by atoms with E-state index in [0.717, 1.165) is 12.8 Å². The van der Waals surface area contributed by atoms with Crippen molar-refractivity contribution in [3.63, 3.8) is 0 Å². The van der Waals surface area contributed by atoms with Crippen molar-refractivity contribution in [2.75, 3.05) is 13.1 Å². The molecule has 1 amide bonds. The molecule has 1 N–H and O–H groups in total. The fraction of sp³-hybridized carbons (Fsp3) is 0.583. The second kappa shape index (κ2) is 6.18. The van der Waals surface area contributed by atoms with Gasteiger partial charge in [0.15, 0.2) is 0 Å². The van der Waals surface area contributed by atoms with E-state index in [-0.39, 0.29) is 11.6 Å². The normalized spacial score (nSPS) is 10.3. The number of amides is 1. The van der Waals surface area contributed by atoms with Crippen LogP contribution in [0, 0.1) is 6.92 Å². The quantitative estimate of drug-likeness (QED) is 0.840. The summed E-state index contributed by atoms with van der Waals surface area (Å²) in [6.45, 7) is 7.08. The highest BCUT2D eigenvalue weighted by atomic mass is 16.2. The molecule has 1 rings (SSSR count). The van der Waals surface area contributed by atoms with Crippen LogP contribution in [0.15, 0.2) is 10.9 Å². The van der Waals surface area contributed by atoms with E-state index in [1.165, 1.54) is 0 Å². The molecule has 17 heavy (non-hydrogen) atoms. The number of aryl methyl sites for hydroxylation is 1. The Morgan fingerprint density at radius 2 is 2.18 bits per heavy atom. The lowest BCUT2D eigenvalue weighted by Crippen LogP contribution is -2.33. The minimum absolute atomic E-state index is 0.171. The molecule has 0 aliphatic rings. The lowest BCUT2D eigenvalue weighted by molar-refractivity contribution is 0.0755. The van der Waals surface area contributed by atoms with Gasteiger partial charge in [-0.1, -0.05) is 13.3 Å². The van der Waals surface area contributed by atoms with Gasteiger partial charge in [-0.3, -0.25) is 4.79 Å². The van der Waals surface area contributed by atoms with Crippen LogP contribution in [0.2, 0.25) is 0 Å². The average Bonchev–Trinajstić information content (AvgIpc) is 2.28. The minimum Gasteiger partial charge on any atom is -0.338 e. The van der Waals surface area contributed by atoms with Crippen LogP contribution in [0.1, 0.15) is 42.9 Å². The van der Waals surface area contributed by atoms with E-state index < -0.39 is 5.69 Å². The zero-order valence-electron chi connectivity index (χ0n) is 10.6. The number of aromatic nitrogens is 2. The lowest BCUT2D eigenvalue weighted by atomic mass is 10.2. The van der Waals surface area contributed by atoms with Gasteiger partial charge in [0.05, 0.1) is 0 Å². The van der Waals surface area contributed by atoms with Crippen molar-refractivity contribution in [1.29, 1.82) is 0 Å². The molecule has 0 aromatic carbocycles. The molecule has 0 fully saturated rings. The summed E-state index contributed by atoms with van der Waals surface area (Å²) in [5.41, 5.74) is 0.406. The van der Waals surface area contributed by atoms with Crippen LogP contribution in [-0.2, 0) is 0 Å². The first-order valence-electron chi connectivity index (χ1n) is 5.95. The van der Waals surface area contributed by atoms with E-state index in [2.05, 4.69) is 16.9 Å². The predicted octanol–water partition coefficient (Wildman–Crippen LogP) is 1.34. The van der Waals surface area contributed by atoms with Crippen LogP contribution < -0.4 is 5.69 Å². The summed E-state index contributed by atoms with van der Waals surface area (Å²) < 4.78 is 0. The maximum atomic E-state index is 12.1. The van der Waals surface area contributed by atoms with Gasteiger partial charge in [-0.05, 0) is 26.3 Å². The molecular weight excluding hydrogens is 218 g/mol. The summed E-state index contributed by atoms with van der Waals surface area (Å²) in [5.74, 6) is -0.171. The Balaban J connectivity index is 2.89. The maximum absolute atomic E-state index is 12.1. The number of nitrogens with zero attached hydrogens (tertiary/aromatic N) is 2. The van der Waals surface area contributed by atoms with Crippen molar-refractivity contribution in [3.8, 4) is 0 Å². The first-order valence-corrected chi connectivity index (χ1v) is 5.95. The Labute approximate surface area is 101 Å². The van der Waals surface area contributed by atoms with Crippen molar-refractivity contribution < 1.29 is 4.79 Å². The summed E-state index contributed by atoms with van der Waals surface area (Å²) in [7, 11) is 0. The van der Waals surface area contributed by atoms with E-state index >= 15 is 0 Å². The number of aromatic amines is 1. The van der Waals surface area contributed by atoms with Crippen LogP contribution in [-0.4, -0.2) is 33.9 Å². The van der Waals surface area contributed by atoms with Gasteiger partial charge in [0.2, 0.25) is 0 Å². The number of H-pyrrole nitrogens is 1. The van der Waals surface area contributed by atoms with Gasteiger partial charge in [-0.15, -0.1) is 0 Å². The van der Waals surface area contributed by atoms with Gasteiger partial charge in [-0.25, -0.2) is 4.79 Å². The highest BCUT2D eigenvalue weighted by Gasteiger charge is 2.15. The molecule has 94 valence electrons. The Kier molecular flexibility index (Phi) is 4.87. The molecule has 1 heterocycles. The molecule has 0 aliphatic carbocycles. The van der Waals surface area contributed by atoms with Crippen molar-refractivity contribution in [2.24, 2.45) is 0 Å². The SMILES string of the molecule is CCCCN(CC)C(=O)c1cc(C)[nH]c(=O)n1. The standard InChI is InChI=1S/C12H19N3O2/c1-4-6-7-15(5-2)11(16)10-8-9(3)13-12(17)14-10/h8H,4-7H2,1-3H3,(H,13,14,17). The second-order valence-corrected chi connectivity index (χ2v) is 3.99. The molecule has 0 aliphatic heterocycles. The third-order valence-corrected chi connectivity index (χ3v) is 2.55. The Morgan fingerprint density at radius 3 is 2.71 bits per heavy atom. The van der Waals surface area contributed by atoms with Gasteiger partial charge in [0.25, 0.3) is 5.91 Å². The second-order valence-electron chi connectivity index (χ2n) is 3.99. The zero-order chi connectivity index (χ0) is 12.8. The largest absolute Gasteiger partial charge is 0.345 e. The third kappa shape index (κ3) is 3.69. The summed E-state index contributed by atoms with van der Waals surface area (Å²) in [5, 5.41) is 0. The highest BCUT2D eigenvalue weighted by molar-refractivity contribution is 5.92. The number of nitrogens with one attached hydrogen (secondary N) is 1. The molecule has 0 bridgehead atoms. The summed E-state index contributed by atoms with van der Waals surface area (Å²) in [4.78, 5) is 31.2. The molecule has 0 saturated heterocycles. The third-order valence-electron chi connectivity index (χ3n) is 2.55. The molecule has 0 unspecified atom stereocenters. The zero-order valence-corrected chi connectivity index (χ0v) is 10.6. The van der Waals surface area contributed by atoms with E-state index in [9.17, 15) is 9.59 Å². The van der Waals surface area contributed by atoms with Crippen molar-refractivity contribution in [1.82, 2.24) is 14.9 Å². The number of hydrogen-bond acceptors (Lipinski definition) is 3. The van der Waals surface area contributed by atoms with Gasteiger partial charge >= 0.3 is 5.69 Å². The van der Waals surface area contributed by atoms with Crippen LogP contribution >= 0.6 is 0 Å². The van der Waals surface area contributed by atoms with Crippen LogP contribution in [0.5, 0.6) is 0 Å². The van der Waals surface area contributed by atoms with Crippen molar-refractivity contribution in [2.45, 2.75) is 33.6 Å². The molecule has 0 atom stereocenters. The monoisotopic (exact) mass is 237 g/mol. The predicted molar refractivity (Wildman–Crippen MR) is 66.1 cm³/mol. The number of rotatable bonds is 5. The van der Waals surface area contributed by atoms with Crippen LogP contribution in [0.4, 0.5) is 0 Å². The Hall–Kier alpha value is -1.65. The average molecular weight is 237 g/mol. The van der Waals surface area contributed by atoms with E-state index in [4.69, 9.17) is 0 Å². The van der Waals surface area contributed by atoms with Crippen molar-refractivity contribution >= 4 is 5.91 Å². The molecule has 5 heteroatoms. The van der Waals surface area contributed by atoms with Crippen molar-refractivity contribution in [3.05, 3.63) is 27.9 Å². The minimum atomic E-state index is -0.472. The van der Waals surface area contributed by atoms with Gasteiger partial charge in [0.1, 0.15) is 5.69 Å². The fourth-order valence-electron chi connectivity index (χ4n) is 1.60. The molecule has 0 radical (unpaired) electrons. The van der Waals surface area contributed by atoms with E-state index in [1.54, 1.807) is 17.9 Å². The van der Waals surface area contributed by atoms with Gasteiger partial charge in [-0.2, -0.15) is 4.98 Å². The molecule has 0 saturated carbocycles. The summed E-state index contributed by atoms with van der Waals surface area (Å²) in [6, 6.07) is 1.61. The fourth-order valence-corrected chi connectivity index (χ4v) is 1.60. The summed E-state index contributed by atoms with van der Waals surface area (Å²) >= 11 is 0. The number of hydrogen-bond donors (Lipinski definition) is 1. The smallest absolute Gasteiger partial charge is 0.338 e. The van der Waals surface area contributed by atoms with E-state index in [0.29, 0.717) is 18.8 Å². The lowest BCUT2D eigenvalue weighted by Gasteiger charge is -2.19. The number of carbonyl (C=O) groups excluding carboxylic acids is 1. The molecule has 1 aromatic heterocycles. The molecule has 5 nitrogen and oxygen atoms in total. The first-order chi connectivity index (χ1) is 8.08. The maximum Gasteiger partial charge on any atom is 0.345 e. The number of unbranched alkanes of at least 4 members (excludes halogenated alkanes) is 1. The molecule has 0 spiro atoms. The first kappa shape index (κ1) is 13.4.